The van der Waals surface area contributed by atoms with Crippen molar-refractivity contribution in [1.29, 1.82) is 0 Å². The number of nitro benzene ring substituents is 1. The van der Waals surface area contributed by atoms with Crippen molar-refractivity contribution in [3.05, 3.63) is 64.2 Å². The van der Waals surface area contributed by atoms with E-state index < -0.39 is 11.0 Å². The summed E-state index contributed by atoms with van der Waals surface area (Å²) in [6.07, 6.45) is -0.834. The van der Waals surface area contributed by atoms with Crippen molar-refractivity contribution in [1.82, 2.24) is 0 Å². The predicted molar refractivity (Wildman–Crippen MR) is 81.3 cm³/mol. The van der Waals surface area contributed by atoms with Crippen LogP contribution in [0.1, 0.15) is 5.56 Å². The van der Waals surface area contributed by atoms with E-state index in [4.69, 9.17) is 9.47 Å². The van der Waals surface area contributed by atoms with E-state index in [0.29, 0.717) is 11.5 Å². The van der Waals surface area contributed by atoms with Crippen LogP contribution in [-0.4, -0.2) is 29.3 Å². The molecule has 1 unspecified atom stereocenters. The topological polar surface area (TPSA) is 81.8 Å². The van der Waals surface area contributed by atoms with E-state index in [1.54, 1.807) is 12.1 Å². The molecule has 2 rings (SSSR count). The molecule has 0 aliphatic rings. The van der Waals surface area contributed by atoms with Crippen LogP contribution in [0, 0.1) is 17.0 Å². The Morgan fingerprint density at radius 3 is 2.27 bits per heavy atom. The highest BCUT2D eigenvalue weighted by atomic mass is 16.6. The van der Waals surface area contributed by atoms with Crippen LogP contribution in [0.4, 0.5) is 5.69 Å². The van der Waals surface area contributed by atoms with Gasteiger partial charge in [0.1, 0.15) is 30.8 Å². The molecule has 1 atom stereocenters. The van der Waals surface area contributed by atoms with Crippen molar-refractivity contribution in [3.8, 4) is 11.5 Å². The average Bonchev–Trinajstić information content (AvgIpc) is 2.51. The summed E-state index contributed by atoms with van der Waals surface area (Å²) in [4.78, 5) is 10.2. The first-order chi connectivity index (χ1) is 10.5. The molecule has 0 saturated carbocycles. The zero-order valence-electron chi connectivity index (χ0n) is 12.1. The number of hydrogen-bond donors (Lipinski definition) is 1. The molecule has 0 amide bonds. The maximum Gasteiger partial charge on any atom is 0.273 e. The summed E-state index contributed by atoms with van der Waals surface area (Å²) >= 11 is 0. The van der Waals surface area contributed by atoms with Crippen molar-refractivity contribution in [2.75, 3.05) is 13.2 Å². The average molecular weight is 303 g/mol. The number of benzene rings is 2. The van der Waals surface area contributed by atoms with Gasteiger partial charge in [0, 0.05) is 6.07 Å². The lowest BCUT2D eigenvalue weighted by molar-refractivity contribution is -0.384. The molecule has 116 valence electrons. The Kier molecular flexibility index (Phi) is 5.32. The first-order valence-electron chi connectivity index (χ1n) is 6.79. The van der Waals surface area contributed by atoms with Gasteiger partial charge in [0.15, 0.2) is 0 Å². The summed E-state index contributed by atoms with van der Waals surface area (Å²) in [5.41, 5.74) is 1.02. The van der Waals surface area contributed by atoms with Crippen molar-refractivity contribution in [3.63, 3.8) is 0 Å². The molecule has 2 aromatic rings. The van der Waals surface area contributed by atoms with Gasteiger partial charge in [0.2, 0.25) is 0 Å². The van der Waals surface area contributed by atoms with Crippen LogP contribution in [0.2, 0.25) is 0 Å². The molecule has 0 heterocycles. The molecule has 0 fully saturated rings. The third kappa shape index (κ3) is 4.75. The Morgan fingerprint density at radius 2 is 1.68 bits per heavy atom. The van der Waals surface area contributed by atoms with E-state index >= 15 is 0 Å². The minimum Gasteiger partial charge on any atom is -0.491 e. The molecule has 22 heavy (non-hydrogen) atoms. The summed E-state index contributed by atoms with van der Waals surface area (Å²) in [5.74, 6) is 1.01. The van der Waals surface area contributed by atoms with Gasteiger partial charge in [-0.05, 0) is 30.7 Å². The highest BCUT2D eigenvalue weighted by Crippen LogP contribution is 2.19. The van der Waals surface area contributed by atoms with Crippen LogP contribution in [0.5, 0.6) is 11.5 Å². The number of hydrogen-bond acceptors (Lipinski definition) is 5. The number of ether oxygens (including phenoxy) is 2. The molecule has 0 bridgehead atoms. The molecule has 0 aliphatic heterocycles. The lowest BCUT2D eigenvalue weighted by Gasteiger charge is -2.13. The number of aliphatic hydroxyl groups is 1. The van der Waals surface area contributed by atoms with E-state index in [9.17, 15) is 15.2 Å². The van der Waals surface area contributed by atoms with Crippen LogP contribution >= 0.6 is 0 Å². The maximum atomic E-state index is 10.7. The minimum absolute atomic E-state index is 0.00696. The Hall–Kier alpha value is -2.60. The Balaban J connectivity index is 1.81. The quantitative estimate of drug-likeness (QED) is 0.628. The van der Waals surface area contributed by atoms with E-state index in [0.717, 1.165) is 5.56 Å². The number of rotatable bonds is 7. The molecule has 0 spiro atoms. The van der Waals surface area contributed by atoms with Crippen molar-refractivity contribution < 1.29 is 19.5 Å². The monoisotopic (exact) mass is 303 g/mol. The van der Waals surface area contributed by atoms with Gasteiger partial charge in [0.05, 0.1) is 11.0 Å². The smallest absolute Gasteiger partial charge is 0.273 e. The van der Waals surface area contributed by atoms with Crippen molar-refractivity contribution in [2.45, 2.75) is 13.0 Å². The van der Waals surface area contributed by atoms with Gasteiger partial charge in [-0.2, -0.15) is 0 Å². The fourth-order valence-corrected chi connectivity index (χ4v) is 1.82. The zero-order valence-corrected chi connectivity index (χ0v) is 12.1. The molecule has 0 radical (unpaired) electrons. The number of aryl methyl sites for hydroxylation is 1. The van der Waals surface area contributed by atoms with Crippen LogP contribution in [0.15, 0.2) is 48.5 Å². The molecule has 0 aliphatic carbocycles. The third-order valence-electron chi connectivity index (χ3n) is 2.90. The van der Waals surface area contributed by atoms with Gasteiger partial charge >= 0.3 is 0 Å². The zero-order chi connectivity index (χ0) is 15.9. The summed E-state index contributed by atoms with van der Waals surface area (Å²) in [6.45, 7) is 2.03. The van der Waals surface area contributed by atoms with Gasteiger partial charge in [-0.25, -0.2) is 0 Å². The number of non-ortho nitro benzene ring substituents is 1. The summed E-state index contributed by atoms with van der Waals surface area (Å²) in [5, 5.41) is 20.5. The molecule has 0 aromatic heterocycles. The van der Waals surface area contributed by atoms with Crippen LogP contribution in [0.3, 0.4) is 0 Å². The second-order valence-corrected chi connectivity index (χ2v) is 4.85. The van der Waals surface area contributed by atoms with E-state index in [2.05, 4.69) is 0 Å². The molecular formula is C16H17NO5. The largest absolute Gasteiger partial charge is 0.491 e. The maximum absolute atomic E-state index is 10.7. The lowest BCUT2D eigenvalue weighted by Crippen LogP contribution is -2.25. The van der Waals surface area contributed by atoms with Crippen LogP contribution in [-0.2, 0) is 0 Å². The fraction of sp³-hybridized carbons (Fsp3) is 0.250. The summed E-state index contributed by atoms with van der Waals surface area (Å²) in [7, 11) is 0. The van der Waals surface area contributed by atoms with Gasteiger partial charge in [-0.15, -0.1) is 0 Å². The Morgan fingerprint density at radius 1 is 1.09 bits per heavy atom. The second-order valence-electron chi connectivity index (χ2n) is 4.85. The standard InChI is InChI=1S/C16H17NO5/c1-12-4-2-6-15(8-12)21-10-14(18)11-22-16-7-3-5-13(9-16)17(19)20/h2-9,14,18H,10-11H2,1H3. The van der Waals surface area contributed by atoms with Gasteiger partial charge in [0.25, 0.3) is 5.69 Å². The molecule has 2 aromatic carbocycles. The number of nitro groups is 1. The Labute approximate surface area is 128 Å². The molecule has 1 N–H and O–H groups in total. The first-order valence-corrected chi connectivity index (χ1v) is 6.79. The third-order valence-corrected chi connectivity index (χ3v) is 2.90. The highest BCUT2D eigenvalue weighted by molar-refractivity contribution is 5.37. The molecule has 6 nitrogen and oxygen atoms in total. The predicted octanol–water partition coefficient (Wildman–Crippen LogP) is 2.72. The molecule has 0 saturated heterocycles. The summed E-state index contributed by atoms with van der Waals surface area (Å²) < 4.78 is 10.8. The SMILES string of the molecule is Cc1cccc(OCC(O)COc2cccc([N+](=O)[O-])c2)c1. The van der Waals surface area contributed by atoms with E-state index in [1.165, 1.54) is 18.2 Å². The van der Waals surface area contributed by atoms with Gasteiger partial charge in [-0.3, -0.25) is 10.1 Å². The number of nitrogens with zero attached hydrogens (tertiary/aromatic N) is 1. The fourth-order valence-electron chi connectivity index (χ4n) is 1.82. The summed E-state index contributed by atoms with van der Waals surface area (Å²) in [6, 6.07) is 13.3. The second kappa shape index (κ2) is 7.42. The van der Waals surface area contributed by atoms with Crippen LogP contribution < -0.4 is 9.47 Å². The molecule has 6 heteroatoms. The lowest BCUT2D eigenvalue weighted by atomic mass is 10.2. The van der Waals surface area contributed by atoms with E-state index in [-0.39, 0.29) is 18.9 Å². The van der Waals surface area contributed by atoms with Gasteiger partial charge in [-0.1, -0.05) is 18.2 Å². The molecular weight excluding hydrogens is 286 g/mol. The minimum atomic E-state index is -0.834. The van der Waals surface area contributed by atoms with E-state index in [1.807, 2.05) is 25.1 Å². The van der Waals surface area contributed by atoms with Crippen molar-refractivity contribution >= 4 is 5.69 Å². The number of aliphatic hydroxyl groups excluding tert-OH is 1. The van der Waals surface area contributed by atoms with Crippen LogP contribution in [0.25, 0.3) is 0 Å². The van der Waals surface area contributed by atoms with Crippen molar-refractivity contribution in [2.24, 2.45) is 0 Å². The van der Waals surface area contributed by atoms with Gasteiger partial charge < -0.3 is 14.6 Å². The normalized spacial score (nSPS) is 11.7. The Bertz CT molecular complexity index is 644. The first kappa shape index (κ1) is 15.8. The highest BCUT2D eigenvalue weighted by Gasteiger charge is 2.10.